The first kappa shape index (κ1) is 21.5. The average Bonchev–Trinajstić information content (AvgIpc) is 3.54. The molecule has 32 heavy (non-hydrogen) atoms. The molecule has 1 N–H and O–H groups in total. The normalized spacial score (nSPS) is 21.2. The standard InChI is InChI=1S/C26H36N4O2/c31-26(30-14-4-5-15-30)21-8-10-23(11-9-21)32-24-12-16-29(17-13-24)19-22-18-27-28-25(22)20-6-2-1-3-7-20/h8-11,18,20,24H,1-7,12-17,19H2,(H,27,28). The van der Waals surface area contributed by atoms with E-state index in [4.69, 9.17) is 4.74 Å². The predicted octanol–water partition coefficient (Wildman–Crippen LogP) is 4.74. The molecule has 0 bridgehead atoms. The van der Waals surface area contributed by atoms with Crippen LogP contribution in [0.1, 0.15) is 85.3 Å². The van der Waals surface area contributed by atoms with E-state index in [9.17, 15) is 4.79 Å². The Balaban J connectivity index is 1.10. The number of nitrogens with one attached hydrogen (secondary N) is 1. The van der Waals surface area contributed by atoms with Gasteiger partial charge in [-0.05, 0) is 62.8 Å². The lowest BCUT2D eigenvalue weighted by molar-refractivity contribution is 0.0792. The third kappa shape index (κ3) is 5.01. The number of H-pyrrole nitrogens is 1. The SMILES string of the molecule is O=C(c1ccc(OC2CCN(Cc3cn[nH]c3C3CCCCC3)CC2)cc1)N1CCCC1. The minimum Gasteiger partial charge on any atom is -0.490 e. The van der Waals surface area contributed by atoms with Gasteiger partial charge in [-0.1, -0.05) is 19.3 Å². The van der Waals surface area contributed by atoms with Gasteiger partial charge in [-0.2, -0.15) is 5.10 Å². The average molecular weight is 437 g/mol. The molecule has 1 saturated carbocycles. The van der Waals surface area contributed by atoms with E-state index in [1.807, 2.05) is 35.4 Å². The van der Waals surface area contributed by atoms with Crippen LogP contribution in [0.25, 0.3) is 0 Å². The van der Waals surface area contributed by atoms with Gasteiger partial charge >= 0.3 is 0 Å². The highest BCUT2D eigenvalue weighted by molar-refractivity contribution is 5.94. The van der Waals surface area contributed by atoms with Crippen LogP contribution in [0.2, 0.25) is 0 Å². The summed E-state index contributed by atoms with van der Waals surface area (Å²) in [6.45, 7) is 4.85. The highest BCUT2D eigenvalue weighted by Crippen LogP contribution is 2.33. The van der Waals surface area contributed by atoms with Gasteiger partial charge in [-0.25, -0.2) is 0 Å². The van der Waals surface area contributed by atoms with Crippen LogP contribution >= 0.6 is 0 Å². The number of aromatic nitrogens is 2. The summed E-state index contributed by atoms with van der Waals surface area (Å²) in [5.74, 6) is 1.69. The van der Waals surface area contributed by atoms with Gasteiger partial charge in [0, 0.05) is 55.5 Å². The number of amides is 1. The number of aromatic amines is 1. The molecule has 3 aliphatic rings. The van der Waals surface area contributed by atoms with E-state index in [0.717, 1.165) is 69.7 Å². The van der Waals surface area contributed by atoms with Gasteiger partial charge in [0.05, 0.1) is 6.20 Å². The van der Waals surface area contributed by atoms with Crippen molar-refractivity contribution in [2.75, 3.05) is 26.2 Å². The Morgan fingerprint density at radius 2 is 1.66 bits per heavy atom. The van der Waals surface area contributed by atoms with Crippen molar-refractivity contribution in [1.29, 1.82) is 0 Å². The Labute approximate surface area is 191 Å². The number of benzene rings is 1. The zero-order valence-corrected chi connectivity index (χ0v) is 19.1. The summed E-state index contributed by atoms with van der Waals surface area (Å²) in [7, 11) is 0. The van der Waals surface area contributed by atoms with Crippen molar-refractivity contribution < 1.29 is 9.53 Å². The van der Waals surface area contributed by atoms with Gasteiger partial charge in [-0.15, -0.1) is 0 Å². The highest BCUT2D eigenvalue weighted by Gasteiger charge is 2.25. The number of nitrogens with zero attached hydrogens (tertiary/aromatic N) is 3. The van der Waals surface area contributed by atoms with Gasteiger partial charge in [-0.3, -0.25) is 14.8 Å². The molecule has 3 fully saturated rings. The zero-order valence-electron chi connectivity index (χ0n) is 19.1. The van der Waals surface area contributed by atoms with Crippen LogP contribution < -0.4 is 4.74 Å². The second kappa shape index (κ2) is 10.1. The summed E-state index contributed by atoms with van der Waals surface area (Å²) in [6, 6.07) is 7.74. The summed E-state index contributed by atoms with van der Waals surface area (Å²) in [4.78, 5) is 17.0. The maximum absolute atomic E-state index is 12.5. The molecule has 1 aliphatic carbocycles. The lowest BCUT2D eigenvalue weighted by Gasteiger charge is -2.32. The molecule has 172 valence electrons. The number of hydrogen-bond acceptors (Lipinski definition) is 4. The van der Waals surface area contributed by atoms with Gasteiger partial charge < -0.3 is 9.64 Å². The fourth-order valence-corrected chi connectivity index (χ4v) is 5.59. The molecule has 1 amide bonds. The second-order valence-electron chi connectivity index (χ2n) is 9.76. The number of piperidine rings is 1. The van der Waals surface area contributed by atoms with E-state index in [1.54, 1.807) is 0 Å². The first-order valence-corrected chi connectivity index (χ1v) is 12.6. The summed E-state index contributed by atoms with van der Waals surface area (Å²) in [5, 5.41) is 7.68. The first-order valence-electron chi connectivity index (χ1n) is 12.6. The Bertz CT molecular complexity index is 873. The Hall–Kier alpha value is -2.34. The van der Waals surface area contributed by atoms with Crippen LogP contribution in [0.3, 0.4) is 0 Å². The molecule has 2 aliphatic heterocycles. The summed E-state index contributed by atoms with van der Waals surface area (Å²) < 4.78 is 6.25. The topological polar surface area (TPSA) is 61.5 Å². The van der Waals surface area contributed by atoms with Crippen molar-refractivity contribution in [1.82, 2.24) is 20.0 Å². The second-order valence-corrected chi connectivity index (χ2v) is 9.76. The lowest BCUT2D eigenvalue weighted by atomic mass is 9.85. The maximum atomic E-state index is 12.5. The molecule has 0 atom stereocenters. The van der Waals surface area contributed by atoms with Gasteiger partial charge in [0.1, 0.15) is 11.9 Å². The Morgan fingerprint density at radius 3 is 2.38 bits per heavy atom. The van der Waals surface area contributed by atoms with Crippen molar-refractivity contribution in [3.05, 3.63) is 47.3 Å². The third-order valence-corrected chi connectivity index (χ3v) is 7.49. The molecule has 6 heteroatoms. The molecule has 1 aromatic heterocycles. The zero-order chi connectivity index (χ0) is 21.8. The Kier molecular flexibility index (Phi) is 6.77. The van der Waals surface area contributed by atoms with Gasteiger partial charge in [0.25, 0.3) is 5.91 Å². The number of carbonyl (C=O) groups excluding carboxylic acids is 1. The number of likely N-dealkylation sites (tertiary alicyclic amines) is 2. The fraction of sp³-hybridized carbons (Fsp3) is 0.615. The minimum absolute atomic E-state index is 0.147. The molecule has 2 saturated heterocycles. The lowest BCUT2D eigenvalue weighted by Crippen LogP contribution is -2.38. The summed E-state index contributed by atoms with van der Waals surface area (Å²) in [5.41, 5.74) is 3.53. The number of rotatable bonds is 6. The maximum Gasteiger partial charge on any atom is 0.253 e. The molecule has 5 rings (SSSR count). The smallest absolute Gasteiger partial charge is 0.253 e. The van der Waals surface area contributed by atoms with Crippen molar-refractivity contribution in [2.45, 2.75) is 76.4 Å². The van der Waals surface area contributed by atoms with Crippen molar-refractivity contribution in [2.24, 2.45) is 0 Å². The number of hydrogen-bond donors (Lipinski definition) is 1. The van der Waals surface area contributed by atoms with Crippen LogP contribution in [-0.2, 0) is 6.54 Å². The number of carbonyl (C=O) groups is 1. The fourth-order valence-electron chi connectivity index (χ4n) is 5.59. The van der Waals surface area contributed by atoms with Gasteiger partial charge in [0.15, 0.2) is 0 Å². The van der Waals surface area contributed by atoms with Gasteiger partial charge in [0.2, 0.25) is 0 Å². The van der Waals surface area contributed by atoms with Crippen LogP contribution in [-0.4, -0.2) is 58.2 Å². The monoisotopic (exact) mass is 436 g/mol. The van der Waals surface area contributed by atoms with Crippen LogP contribution in [0.15, 0.2) is 30.5 Å². The Morgan fingerprint density at radius 1 is 0.938 bits per heavy atom. The first-order chi connectivity index (χ1) is 15.8. The van der Waals surface area contributed by atoms with E-state index in [2.05, 4.69) is 15.1 Å². The van der Waals surface area contributed by atoms with Crippen molar-refractivity contribution in [3.63, 3.8) is 0 Å². The van der Waals surface area contributed by atoms with Crippen LogP contribution in [0, 0.1) is 0 Å². The molecule has 3 heterocycles. The molecular formula is C26H36N4O2. The molecule has 0 radical (unpaired) electrons. The van der Waals surface area contributed by atoms with Crippen molar-refractivity contribution in [3.8, 4) is 5.75 Å². The largest absolute Gasteiger partial charge is 0.490 e. The van der Waals surface area contributed by atoms with Crippen molar-refractivity contribution >= 4 is 5.91 Å². The highest BCUT2D eigenvalue weighted by atomic mass is 16.5. The molecule has 6 nitrogen and oxygen atoms in total. The molecule has 1 aromatic carbocycles. The van der Waals surface area contributed by atoms with E-state index in [0.29, 0.717) is 5.92 Å². The summed E-state index contributed by atoms with van der Waals surface area (Å²) >= 11 is 0. The van der Waals surface area contributed by atoms with E-state index in [1.165, 1.54) is 43.4 Å². The van der Waals surface area contributed by atoms with Crippen LogP contribution in [0.5, 0.6) is 5.75 Å². The van der Waals surface area contributed by atoms with E-state index < -0.39 is 0 Å². The molecule has 0 spiro atoms. The minimum atomic E-state index is 0.147. The van der Waals surface area contributed by atoms with E-state index >= 15 is 0 Å². The quantitative estimate of drug-likeness (QED) is 0.711. The van der Waals surface area contributed by atoms with E-state index in [-0.39, 0.29) is 12.0 Å². The molecular weight excluding hydrogens is 400 g/mol. The number of ether oxygens (including phenoxy) is 1. The molecule has 2 aromatic rings. The molecule has 0 unspecified atom stereocenters. The predicted molar refractivity (Wildman–Crippen MR) is 125 cm³/mol. The van der Waals surface area contributed by atoms with Crippen LogP contribution in [0.4, 0.5) is 0 Å². The summed E-state index contributed by atoms with van der Waals surface area (Å²) in [6.07, 6.45) is 13.3. The third-order valence-electron chi connectivity index (χ3n) is 7.49.